The van der Waals surface area contributed by atoms with E-state index in [4.69, 9.17) is 10.5 Å². The van der Waals surface area contributed by atoms with Crippen LogP contribution in [0.3, 0.4) is 0 Å². The van der Waals surface area contributed by atoms with Gasteiger partial charge in [-0.25, -0.2) is 0 Å². The van der Waals surface area contributed by atoms with Crippen molar-refractivity contribution in [2.45, 2.75) is 25.7 Å². The Labute approximate surface area is 161 Å². The summed E-state index contributed by atoms with van der Waals surface area (Å²) in [5, 5.41) is 10.7. The molecule has 0 bridgehead atoms. The van der Waals surface area contributed by atoms with Crippen LogP contribution < -0.4 is 5.73 Å². The van der Waals surface area contributed by atoms with Gasteiger partial charge < -0.3 is 10.5 Å². The van der Waals surface area contributed by atoms with Crippen molar-refractivity contribution in [3.8, 4) is 0 Å². The minimum absolute atomic E-state index is 0.0213. The van der Waals surface area contributed by atoms with Crippen molar-refractivity contribution < 1.29 is 9.66 Å². The first kappa shape index (κ1) is 20.9. The van der Waals surface area contributed by atoms with E-state index >= 15 is 0 Å². The molecule has 6 nitrogen and oxygen atoms in total. The average molecular weight is 371 g/mol. The lowest BCUT2D eigenvalue weighted by Gasteiger charge is -2.31. The van der Waals surface area contributed by atoms with Crippen molar-refractivity contribution in [2.24, 2.45) is 0 Å². The first-order chi connectivity index (χ1) is 12.9. The number of benzene rings is 2. The van der Waals surface area contributed by atoms with Gasteiger partial charge in [-0.3, -0.25) is 15.0 Å². The SMILES string of the molecule is CC(C)(CCN1CCOCC1)c1ccc([N+](=O)[O-])cc1.Nc1ccccc1. The Bertz CT molecular complexity index is 696. The molecular weight excluding hydrogens is 342 g/mol. The maximum atomic E-state index is 10.7. The molecule has 0 radical (unpaired) electrons. The molecule has 0 amide bonds. The fourth-order valence-electron chi connectivity index (χ4n) is 2.89. The van der Waals surface area contributed by atoms with Gasteiger partial charge >= 0.3 is 0 Å². The Morgan fingerprint density at radius 1 is 1.07 bits per heavy atom. The highest BCUT2D eigenvalue weighted by atomic mass is 16.6. The van der Waals surface area contributed by atoms with Crippen LogP contribution in [0.25, 0.3) is 0 Å². The average Bonchev–Trinajstić information content (AvgIpc) is 2.68. The van der Waals surface area contributed by atoms with Crippen LogP contribution in [0.4, 0.5) is 11.4 Å². The largest absolute Gasteiger partial charge is 0.399 e. The van der Waals surface area contributed by atoms with Crippen molar-refractivity contribution in [1.82, 2.24) is 4.90 Å². The molecule has 1 heterocycles. The second kappa shape index (κ2) is 10.0. The quantitative estimate of drug-likeness (QED) is 0.490. The summed E-state index contributed by atoms with van der Waals surface area (Å²) in [6, 6.07) is 16.4. The van der Waals surface area contributed by atoms with Crippen molar-refractivity contribution in [2.75, 3.05) is 38.6 Å². The smallest absolute Gasteiger partial charge is 0.269 e. The van der Waals surface area contributed by atoms with Gasteiger partial charge in [0.1, 0.15) is 0 Å². The standard InChI is InChI=1S/C15H22N2O3.C6H7N/c1-15(2,7-8-16-9-11-20-12-10-16)13-3-5-14(6-4-13)17(18)19;7-6-4-2-1-3-5-6/h3-6H,7-12H2,1-2H3;1-5H,7H2. The fourth-order valence-corrected chi connectivity index (χ4v) is 2.89. The molecule has 0 saturated carbocycles. The van der Waals surface area contributed by atoms with Gasteiger partial charge in [-0.1, -0.05) is 44.2 Å². The molecule has 2 N–H and O–H groups in total. The molecule has 0 atom stereocenters. The van der Waals surface area contributed by atoms with E-state index in [-0.39, 0.29) is 16.0 Å². The first-order valence-corrected chi connectivity index (χ1v) is 9.24. The Morgan fingerprint density at radius 2 is 1.67 bits per heavy atom. The van der Waals surface area contributed by atoms with Gasteiger partial charge in [-0.05, 0) is 36.1 Å². The van der Waals surface area contributed by atoms with Gasteiger partial charge in [-0.2, -0.15) is 0 Å². The summed E-state index contributed by atoms with van der Waals surface area (Å²) in [4.78, 5) is 12.7. The number of hydrogen-bond acceptors (Lipinski definition) is 5. The van der Waals surface area contributed by atoms with Crippen LogP contribution in [0.5, 0.6) is 0 Å². The summed E-state index contributed by atoms with van der Waals surface area (Å²) < 4.78 is 5.35. The van der Waals surface area contributed by atoms with Gasteiger partial charge in [0, 0.05) is 30.9 Å². The number of anilines is 1. The molecule has 1 aliphatic heterocycles. The van der Waals surface area contributed by atoms with Crippen molar-refractivity contribution in [3.05, 3.63) is 70.3 Å². The maximum absolute atomic E-state index is 10.7. The van der Waals surface area contributed by atoms with Crippen LogP contribution in [0.1, 0.15) is 25.8 Å². The van der Waals surface area contributed by atoms with Crippen molar-refractivity contribution >= 4 is 11.4 Å². The lowest BCUT2D eigenvalue weighted by molar-refractivity contribution is -0.384. The van der Waals surface area contributed by atoms with Crippen LogP contribution in [0, 0.1) is 10.1 Å². The molecule has 0 aromatic heterocycles. The zero-order valence-corrected chi connectivity index (χ0v) is 16.1. The predicted octanol–water partition coefficient (Wildman–Crippen LogP) is 3.86. The number of nitrogens with two attached hydrogens (primary N) is 1. The lowest BCUT2D eigenvalue weighted by atomic mass is 9.81. The van der Waals surface area contributed by atoms with Crippen LogP contribution in [-0.4, -0.2) is 42.7 Å². The first-order valence-electron chi connectivity index (χ1n) is 9.24. The Balaban J connectivity index is 0.000000313. The van der Waals surface area contributed by atoms with E-state index in [0.717, 1.165) is 50.5 Å². The number of nitrogens with zero attached hydrogens (tertiary/aromatic N) is 2. The Kier molecular flexibility index (Phi) is 7.76. The summed E-state index contributed by atoms with van der Waals surface area (Å²) in [6.45, 7) is 9.04. The molecular formula is C21H29N3O3. The highest BCUT2D eigenvalue weighted by Gasteiger charge is 2.23. The zero-order chi connectivity index (χ0) is 19.7. The molecule has 1 fully saturated rings. The van der Waals surface area contributed by atoms with Crippen LogP contribution in [0.2, 0.25) is 0 Å². The van der Waals surface area contributed by atoms with E-state index in [2.05, 4.69) is 18.7 Å². The number of non-ortho nitro benzene ring substituents is 1. The third-order valence-corrected chi connectivity index (χ3v) is 4.82. The van der Waals surface area contributed by atoms with E-state index in [1.165, 1.54) is 0 Å². The summed E-state index contributed by atoms with van der Waals surface area (Å²) in [6.07, 6.45) is 1.03. The fraction of sp³-hybridized carbons (Fsp3) is 0.429. The zero-order valence-electron chi connectivity index (χ0n) is 16.1. The van der Waals surface area contributed by atoms with Gasteiger partial charge in [-0.15, -0.1) is 0 Å². The second-order valence-corrected chi connectivity index (χ2v) is 7.30. The van der Waals surface area contributed by atoms with Crippen LogP contribution >= 0.6 is 0 Å². The normalized spacial score (nSPS) is 14.9. The van der Waals surface area contributed by atoms with Crippen LogP contribution in [0.15, 0.2) is 54.6 Å². The van der Waals surface area contributed by atoms with E-state index in [0.29, 0.717) is 0 Å². The highest BCUT2D eigenvalue weighted by molar-refractivity contribution is 5.36. The molecule has 3 rings (SSSR count). The maximum Gasteiger partial charge on any atom is 0.269 e. The molecule has 0 aliphatic carbocycles. The van der Waals surface area contributed by atoms with E-state index in [9.17, 15) is 10.1 Å². The number of hydrogen-bond donors (Lipinski definition) is 1. The molecule has 2 aromatic carbocycles. The van der Waals surface area contributed by atoms with Gasteiger partial charge in [0.15, 0.2) is 0 Å². The van der Waals surface area contributed by atoms with Gasteiger partial charge in [0.05, 0.1) is 18.1 Å². The highest BCUT2D eigenvalue weighted by Crippen LogP contribution is 2.28. The molecule has 27 heavy (non-hydrogen) atoms. The van der Waals surface area contributed by atoms with Crippen molar-refractivity contribution in [1.29, 1.82) is 0 Å². The van der Waals surface area contributed by atoms with Gasteiger partial charge in [0.25, 0.3) is 5.69 Å². The summed E-state index contributed by atoms with van der Waals surface area (Å²) >= 11 is 0. The minimum atomic E-state index is -0.357. The predicted molar refractivity (Wildman–Crippen MR) is 109 cm³/mol. The van der Waals surface area contributed by atoms with E-state index < -0.39 is 0 Å². The van der Waals surface area contributed by atoms with Gasteiger partial charge in [0.2, 0.25) is 0 Å². The Morgan fingerprint density at radius 3 is 2.15 bits per heavy atom. The molecule has 146 valence electrons. The lowest BCUT2D eigenvalue weighted by Crippen LogP contribution is -2.38. The second-order valence-electron chi connectivity index (χ2n) is 7.30. The number of para-hydroxylation sites is 1. The molecule has 1 aliphatic rings. The summed E-state index contributed by atoms with van der Waals surface area (Å²) in [5.41, 5.74) is 7.50. The summed E-state index contributed by atoms with van der Waals surface area (Å²) in [7, 11) is 0. The number of nitrogen functional groups attached to an aromatic ring is 1. The number of ether oxygens (including phenoxy) is 1. The number of morpholine rings is 1. The Hall–Kier alpha value is -2.44. The molecule has 6 heteroatoms. The van der Waals surface area contributed by atoms with E-state index in [1.54, 1.807) is 12.1 Å². The summed E-state index contributed by atoms with van der Waals surface area (Å²) in [5.74, 6) is 0. The molecule has 1 saturated heterocycles. The minimum Gasteiger partial charge on any atom is -0.399 e. The molecule has 0 spiro atoms. The van der Waals surface area contributed by atoms with Crippen LogP contribution in [-0.2, 0) is 10.2 Å². The topological polar surface area (TPSA) is 81.6 Å². The monoisotopic (exact) mass is 371 g/mol. The third-order valence-electron chi connectivity index (χ3n) is 4.82. The molecule has 0 unspecified atom stereocenters. The molecule has 2 aromatic rings. The number of nitro groups is 1. The number of nitro benzene ring substituents is 1. The third kappa shape index (κ3) is 7.00. The number of rotatable bonds is 5. The van der Waals surface area contributed by atoms with Crippen molar-refractivity contribution in [3.63, 3.8) is 0 Å². The van der Waals surface area contributed by atoms with E-state index in [1.807, 2.05) is 42.5 Å².